The van der Waals surface area contributed by atoms with Gasteiger partial charge in [0.05, 0.1) is 11.9 Å². The van der Waals surface area contributed by atoms with Crippen LogP contribution in [0, 0.1) is 20.0 Å². The maximum absolute atomic E-state index is 6.17. The average molecular weight is 339 g/mol. The van der Waals surface area contributed by atoms with E-state index in [0.29, 0.717) is 0 Å². The minimum absolute atomic E-state index is 0.769. The summed E-state index contributed by atoms with van der Waals surface area (Å²) in [4.78, 5) is 8.12. The van der Waals surface area contributed by atoms with Crippen molar-refractivity contribution in [3.05, 3.63) is 58.7 Å². The molecule has 4 rings (SSSR count). The highest BCUT2D eigenvalue weighted by atomic mass is 35.5. The smallest absolute Gasteiger partial charge is 0.0890 e. The summed E-state index contributed by atoms with van der Waals surface area (Å²) < 4.78 is 0. The summed E-state index contributed by atoms with van der Waals surface area (Å²) in [6.45, 7) is 8.41. The van der Waals surface area contributed by atoms with Crippen molar-refractivity contribution in [2.45, 2.75) is 13.8 Å². The van der Waals surface area contributed by atoms with Crippen molar-refractivity contribution < 1.29 is 0 Å². The predicted molar refractivity (Wildman–Crippen MR) is 102 cm³/mol. The van der Waals surface area contributed by atoms with E-state index in [9.17, 15) is 0 Å². The summed E-state index contributed by atoms with van der Waals surface area (Å²) >= 11 is 6.17. The van der Waals surface area contributed by atoms with Crippen LogP contribution in [0.1, 0.15) is 11.1 Å². The zero-order valence-corrected chi connectivity index (χ0v) is 14.8. The molecule has 24 heavy (non-hydrogen) atoms. The number of rotatable bonds is 2. The lowest BCUT2D eigenvalue weighted by molar-refractivity contribution is 0.653. The van der Waals surface area contributed by atoms with Gasteiger partial charge in [-0.05, 0) is 49.2 Å². The lowest BCUT2D eigenvalue weighted by Gasteiger charge is -2.37. The van der Waals surface area contributed by atoms with Crippen LogP contribution in [-0.2, 0) is 0 Å². The fourth-order valence-electron chi connectivity index (χ4n) is 3.51. The highest BCUT2D eigenvalue weighted by molar-refractivity contribution is 6.31. The summed E-state index contributed by atoms with van der Waals surface area (Å²) in [7, 11) is 0. The third-order valence-corrected chi connectivity index (χ3v) is 5.30. The fraction of sp³-hybridized carbons (Fsp3) is 0.300. The monoisotopic (exact) mass is 338 g/mol. The Morgan fingerprint density at radius 2 is 1.75 bits per heavy atom. The Balaban J connectivity index is 1.55. The number of hydrogen-bond acceptors (Lipinski definition) is 2. The van der Waals surface area contributed by atoms with E-state index in [1.54, 1.807) is 0 Å². The molecule has 2 heterocycles. The normalized spacial score (nSPS) is 15.3. The van der Waals surface area contributed by atoms with Crippen LogP contribution in [0.2, 0.25) is 5.02 Å². The molecule has 1 fully saturated rings. The number of aryl methyl sites for hydroxylation is 1. The molecule has 1 radical (unpaired) electrons. The van der Waals surface area contributed by atoms with E-state index in [0.717, 1.165) is 47.8 Å². The summed E-state index contributed by atoms with van der Waals surface area (Å²) in [5, 5.41) is 1.92. The van der Waals surface area contributed by atoms with Gasteiger partial charge in [0.25, 0.3) is 0 Å². The van der Waals surface area contributed by atoms with E-state index in [1.165, 1.54) is 16.8 Å². The Labute approximate surface area is 147 Å². The van der Waals surface area contributed by atoms with E-state index < -0.39 is 0 Å². The van der Waals surface area contributed by atoms with Crippen LogP contribution in [0.5, 0.6) is 0 Å². The van der Waals surface area contributed by atoms with Gasteiger partial charge >= 0.3 is 0 Å². The van der Waals surface area contributed by atoms with Crippen molar-refractivity contribution in [2.24, 2.45) is 0 Å². The van der Waals surface area contributed by atoms with Gasteiger partial charge in [-0.1, -0.05) is 23.7 Å². The van der Waals surface area contributed by atoms with E-state index in [-0.39, 0.29) is 0 Å². The SMILES string of the molecule is Cc1cccc(N2CCN(c3[c][nH]c4ccc(Cl)cc34)CC2)c1C. The van der Waals surface area contributed by atoms with E-state index >= 15 is 0 Å². The number of piperazine rings is 1. The number of hydrogen-bond donors (Lipinski definition) is 1. The Morgan fingerprint density at radius 1 is 1.00 bits per heavy atom. The zero-order valence-electron chi connectivity index (χ0n) is 14.1. The van der Waals surface area contributed by atoms with Gasteiger partial charge in [0.1, 0.15) is 0 Å². The Hall–Kier alpha value is -2.13. The van der Waals surface area contributed by atoms with Crippen molar-refractivity contribution in [3.63, 3.8) is 0 Å². The van der Waals surface area contributed by atoms with E-state index in [4.69, 9.17) is 11.6 Å². The summed E-state index contributed by atoms with van der Waals surface area (Å²) in [6.07, 6.45) is 3.31. The molecule has 3 nitrogen and oxygen atoms in total. The Morgan fingerprint density at radius 3 is 2.54 bits per heavy atom. The van der Waals surface area contributed by atoms with Gasteiger partial charge in [-0.15, -0.1) is 0 Å². The van der Waals surface area contributed by atoms with E-state index in [1.807, 2.05) is 18.2 Å². The molecule has 0 atom stereocenters. The molecule has 0 bridgehead atoms. The molecule has 0 aliphatic carbocycles. The molecular formula is C20H21ClN3. The highest BCUT2D eigenvalue weighted by Crippen LogP contribution is 2.30. The summed E-state index contributed by atoms with van der Waals surface area (Å²) in [6, 6.07) is 12.5. The lowest BCUT2D eigenvalue weighted by atomic mass is 10.1. The van der Waals surface area contributed by atoms with Crippen molar-refractivity contribution in [3.8, 4) is 0 Å². The molecule has 0 amide bonds. The molecular weight excluding hydrogens is 318 g/mol. The molecule has 1 saturated heterocycles. The second-order valence-corrected chi connectivity index (χ2v) is 6.92. The van der Waals surface area contributed by atoms with Crippen LogP contribution in [-0.4, -0.2) is 31.2 Å². The molecule has 0 saturated carbocycles. The fourth-order valence-corrected chi connectivity index (χ4v) is 3.69. The van der Waals surface area contributed by atoms with Gasteiger partial charge in [-0.3, -0.25) is 0 Å². The standard InChI is InChI=1S/C20H21ClN3/c1-14-4-3-5-19(15(14)2)23-8-10-24(11-9-23)20-13-22-18-7-6-16(21)12-17(18)20/h3-7,12,22H,8-11H2,1-2H3. The first-order valence-corrected chi connectivity index (χ1v) is 8.76. The molecule has 1 aliphatic heterocycles. The molecule has 3 aromatic rings. The van der Waals surface area contributed by atoms with Crippen LogP contribution in [0.4, 0.5) is 11.4 Å². The maximum Gasteiger partial charge on any atom is 0.0890 e. The summed E-state index contributed by atoms with van der Waals surface area (Å²) in [5.74, 6) is 0. The number of aromatic nitrogens is 1. The Bertz CT molecular complexity index is 876. The topological polar surface area (TPSA) is 22.3 Å². The minimum Gasteiger partial charge on any atom is -0.368 e. The Kier molecular flexibility index (Phi) is 3.89. The van der Waals surface area contributed by atoms with Gasteiger partial charge in [-0.25, -0.2) is 0 Å². The van der Waals surface area contributed by atoms with Crippen LogP contribution in [0.25, 0.3) is 10.9 Å². The first-order chi connectivity index (χ1) is 11.6. The molecule has 0 unspecified atom stereocenters. The van der Waals surface area contributed by atoms with Gasteiger partial charge in [-0.2, -0.15) is 0 Å². The molecule has 0 spiro atoms. The zero-order chi connectivity index (χ0) is 16.7. The minimum atomic E-state index is 0.769. The number of halogens is 1. The molecule has 1 aromatic heterocycles. The van der Waals surface area contributed by atoms with Gasteiger partial charge in [0.2, 0.25) is 0 Å². The highest BCUT2D eigenvalue weighted by Gasteiger charge is 2.21. The number of nitrogens with one attached hydrogen (secondary N) is 1. The van der Waals surface area contributed by atoms with Crippen molar-refractivity contribution >= 4 is 33.9 Å². The largest absolute Gasteiger partial charge is 0.368 e. The number of anilines is 2. The lowest BCUT2D eigenvalue weighted by Crippen LogP contribution is -2.46. The number of benzene rings is 2. The molecule has 1 aliphatic rings. The van der Waals surface area contributed by atoms with Gasteiger partial charge < -0.3 is 14.8 Å². The van der Waals surface area contributed by atoms with E-state index in [2.05, 4.69) is 53.0 Å². The third kappa shape index (κ3) is 2.63. The maximum atomic E-state index is 6.17. The predicted octanol–water partition coefficient (Wildman–Crippen LogP) is 4.56. The first-order valence-electron chi connectivity index (χ1n) is 8.38. The third-order valence-electron chi connectivity index (χ3n) is 5.06. The van der Waals surface area contributed by atoms with Crippen molar-refractivity contribution in [1.82, 2.24) is 4.98 Å². The quantitative estimate of drug-likeness (QED) is 0.739. The molecule has 4 heteroatoms. The van der Waals surface area contributed by atoms with Crippen LogP contribution in [0.3, 0.4) is 0 Å². The summed E-state index contributed by atoms with van der Waals surface area (Å²) in [5.41, 5.74) is 6.32. The molecule has 2 aromatic carbocycles. The van der Waals surface area contributed by atoms with Crippen LogP contribution >= 0.6 is 11.6 Å². The molecule has 1 N–H and O–H groups in total. The second-order valence-electron chi connectivity index (χ2n) is 6.48. The van der Waals surface area contributed by atoms with Gasteiger partial charge in [0, 0.05) is 47.8 Å². The number of nitrogens with zero attached hydrogens (tertiary/aromatic N) is 2. The number of fused-ring (bicyclic) bond motifs is 1. The number of H-pyrrole nitrogens is 1. The number of aromatic amines is 1. The van der Waals surface area contributed by atoms with Crippen LogP contribution in [0.15, 0.2) is 36.4 Å². The molecule has 123 valence electrons. The average Bonchev–Trinajstić information content (AvgIpc) is 3.00. The second kappa shape index (κ2) is 6.06. The first kappa shape index (κ1) is 15.4. The van der Waals surface area contributed by atoms with Gasteiger partial charge in [0.15, 0.2) is 0 Å². The van der Waals surface area contributed by atoms with Crippen molar-refractivity contribution in [2.75, 3.05) is 36.0 Å². The van der Waals surface area contributed by atoms with Crippen molar-refractivity contribution in [1.29, 1.82) is 0 Å². The van der Waals surface area contributed by atoms with Crippen LogP contribution < -0.4 is 9.80 Å².